The molecule has 0 radical (unpaired) electrons. The first-order chi connectivity index (χ1) is 9.81. The molecule has 5 unspecified atom stereocenters. The Kier molecular flexibility index (Phi) is 2.34. The number of aliphatic hydroxyl groups is 1. The lowest BCUT2D eigenvalue weighted by Gasteiger charge is -2.58. The summed E-state index contributed by atoms with van der Waals surface area (Å²) < 4.78 is 10.7. The van der Waals surface area contributed by atoms with Crippen molar-refractivity contribution in [2.75, 3.05) is 6.61 Å². The molecule has 5 nitrogen and oxygen atoms in total. The highest BCUT2D eigenvalue weighted by atomic mass is 16.6. The molecule has 2 aliphatic carbocycles. The average Bonchev–Trinajstić information content (AvgIpc) is 2.65. The van der Waals surface area contributed by atoms with Crippen LogP contribution in [-0.2, 0) is 19.1 Å². The summed E-state index contributed by atoms with van der Waals surface area (Å²) in [6.07, 6.45) is 3.93. The normalized spacial score (nSPS) is 51.5. The zero-order chi connectivity index (χ0) is 15.0. The molecular weight excluding hydrogens is 272 g/mol. The molecule has 2 heterocycles. The smallest absolute Gasteiger partial charge is 0.312 e. The quantitative estimate of drug-likeness (QED) is 0.539. The van der Waals surface area contributed by atoms with E-state index in [0.29, 0.717) is 5.57 Å². The van der Waals surface area contributed by atoms with Gasteiger partial charge in [0, 0.05) is 11.3 Å². The van der Waals surface area contributed by atoms with Crippen molar-refractivity contribution in [1.29, 1.82) is 0 Å². The first-order valence-electron chi connectivity index (χ1n) is 7.61. The SMILES string of the molecule is CC12CCCC3(C)C1C(C=C1COC(=O)CC13O)OC2=O. The lowest BCUT2D eigenvalue weighted by molar-refractivity contribution is -0.183. The molecule has 4 rings (SSSR count). The van der Waals surface area contributed by atoms with E-state index in [-0.39, 0.29) is 37.0 Å². The van der Waals surface area contributed by atoms with Crippen LogP contribution in [0.15, 0.2) is 11.6 Å². The van der Waals surface area contributed by atoms with Gasteiger partial charge >= 0.3 is 11.9 Å². The molecule has 0 amide bonds. The van der Waals surface area contributed by atoms with Crippen LogP contribution in [-0.4, -0.2) is 35.4 Å². The number of hydrogen-bond acceptors (Lipinski definition) is 5. The van der Waals surface area contributed by atoms with Crippen LogP contribution in [0.3, 0.4) is 0 Å². The zero-order valence-corrected chi connectivity index (χ0v) is 12.3. The van der Waals surface area contributed by atoms with Gasteiger partial charge in [-0.05, 0) is 31.4 Å². The van der Waals surface area contributed by atoms with Gasteiger partial charge in [-0.15, -0.1) is 0 Å². The molecular formula is C16H20O5. The van der Waals surface area contributed by atoms with Crippen molar-refractivity contribution in [2.45, 2.75) is 51.2 Å². The number of ether oxygens (including phenoxy) is 2. The summed E-state index contributed by atoms with van der Waals surface area (Å²) in [5.41, 5.74) is -1.60. The standard InChI is InChI=1S/C16H20O5/c1-14-4-3-5-15(2)12(14)10(21-13(14)18)6-9-8-20-11(17)7-16(9,15)19/h6,10,12,19H,3-5,7-8H2,1-2H3. The molecule has 5 heteroatoms. The van der Waals surface area contributed by atoms with Gasteiger partial charge in [-0.3, -0.25) is 9.59 Å². The van der Waals surface area contributed by atoms with Crippen LogP contribution < -0.4 is 0 Å². The van der Waals surface area contributed by atoms with Crippen LogP contribution in [0.1, 0.15) is 39.5 Å². The highest BCUT2D eigenvalue weighted by molar-refractivity contribution is 5.81. The molecule has 114 valence electrons. The summed E-state index contributed by atoms with van der Waals surface area (Å²) in [6.45, 7) is 4.05. The maximum atomic E-state index is 12.4. The van der Waals surface area contributed by atoms with Gasteiger partial charge in [0.15, 0.2) is 0 Å². The van der Waals surface area contributed by atoms with Gasteiger partial charge in [0.2, 0.25) is 0 Å². The fourth-order valence-corrected chi connectivity index (χ4v) is 5.32. The van der Waals surface area contributed by atoms with E-state index in [1.54, 1.807) is 0 Å². The van der Waals surface area contributed by atoms with Crippen molar-refractivity contribution in [3.05, 3.63) is 11.6 Å². The van der Waals surface area contributed by atoms with Crippen molar-refractivity contribution in [1.82, 2.24) is 0 Å². The second-order valence-electron chi connectivity index (χ2n) is 7.43. The van der Waals surface area contributed by atoms with E-state index in [9.17, 15) is 14.7 Å². The molecule has 0 aromatic rings. The Morgan fingerprint density at radius 1 is 1.29 bits per heavy atom. The topological polar surface area (TPSA) is 72.8 Å². The summed E-state index contributed by atoms with van der Waals surface area (Å²) in [4.78, 5) is 24.1. The minimum absolute atomic E-state index is 0.0250. The number of esters is 2. The number of carbonyl (C=O) groups excluding carboxylic acids is 2. The van der Waals surface area contributed by atoms with E-state index in [1.807, 2.05) is 19.9 Å². The Bertz CT molecular complexity index is 581. The Labute approximate surface area is 123 Å². The minimum atomic E-state index is -1.21. The predicted molar refractivity (Wildman–Crippen MR) is 72.0 cm³/mol. The fraction of sp³-hybridized carbons (Fsp3) is 0.750. The van der Waals surface area contributed by atoms with Crippen LogP contribution in [0.5, 0.6) is 0 Å². The van der Waals surface area contributed by atoms with Crippen molar-refractivity contribution >= 4 is 11.9 Å². The second-order valence-corrected chi connectivity index (χ2v) is 7.43. The Balaban J connectivity index is 1.91. The van der Waals surface area contributed by atoms with Gasteiger partial charge in [-0.25, -0.2) is 0 Å². The lowest BCUT2D eigenvalue weighted by Crippen LogP contribution is -2.64. The van der Waals surface area contributed by atoms with Crippen LogP contribution in [0.2, 0.25) is 0 Å². The van der Waals surface area contributed by atoms with E-state index in [4.69, 9.17) is 9.47 Å². The zero-order valence-electron chi connectivity index (χ0n) is 12.3. The largest absolute Gasteiger partial charge is 0.461 e. The van der Waals surface area contributed by atoms with Crippen molar-refractivity contribution < 1.29 is 24.2 Å². The van der Waals surface area contributed by atoms with E-state index in [1.165, 1.54) is 0 Å². The summed E-state index contributed by atoms with van der Waals surface area (Å²) in [5.74, 6) is -0.618. The van der Waals surface area contributed by atoms with Crippen LogP contribution in [0.4, 0.5) is 0 Å². The molecule has 21 heavy (non-hydrogen) atoms. The molecule has 0 aromatic carbocycles. The molecule has 2 aliphatic heterocycles. The number of rotatable bonds is 0. The summed E-state index contributed by atoms with van der Waals surface area (Å²) >= 11 is 0. The number of fused-ring (bicyclic) bond motifs is 2. The van der Waals surface area contributed by atoms with Crippen LogP contribution in [0.25, 0.3) is 0 Å². The van der Waals surface area contributed by atoms with E-state index in [2.05, 4.69) is 0 Å². The minimum Gasteiger partial charge on any atom is -0.461 e. The maximum Gasteiger partial charge on any atom is 0.312 e. The fourth-order valence-electron chi connectivity index (χ4n) is 5.32. The molecule has 0 spiro atoms. The maximum absolute atomic E-state index is 12.4. The van der Waals surface area contributed by atoms with Crippen LogP contribution >= 0.6 is 0 Å². The Morgan fingerprint density at radius 3 is 2.81 bits per heavy atom. The second kappa shape index (κ2) is 3.69. The van der Waals surface area contributed by atoms with Gasteiger partial charge in [0.1, 0.15) is 18.3 Å². The van der Waals surface area contributed by atoms with Gasteiger partial charge in [0.25, 0.3) is 0 Å². The molecule has 2 saturated heterocycles. The third kappa shape index (κ3) is 1.36. The average molecular weight is 292 g/mol. The third-order valence-electron chi connectivity index (χ3n) is 6.43. The molecule has 1 saturated carbocycles. The molecule has 0 bridgehead atoms. The summed E-state index contributed by atoms with van der Waals surface area (Å²) in [5, 5.41) is 11.3. The lowest BCUT2D eigenvalue weighted by atomic mass is 9.46. The Hall–Kier alpha value is -1.36. The van der Waals surface area contributed by atoms with Crippen molar-refractivity contribution in [3.8, 4) is 0 Å². The monoisotopic (exact) mass is 292 g/mol. The first-order valence-corrected chi connectivity index (χ1v) is 7.61. The number of cyclic esters (lactones) is 1. The van der Waals surface area contributed by atoms with Crippen molar-refractivity contribution in [3.63, 3.8) is 0 Å². The van der Waals surface area contributed by atoms with Gasteiger partial charge in [-0.2, -0.15) is 0 Å². The van der Waals surface area contributed by atoms with Gasteiger partial charge < -0.3 is 14.6 Å². The van der Waals surface area contributed by atoms with E-state index < -0.39 is 16.4 Å². The van der Waals surface area contributed by atoms with Crippen molar-refractivity contribution in [2.24, 2.45) is 16.7 Å². The molecule has 1 N–H and O–H groups in total. The van der Waals surface area contributed by atoms with E-state index >= 15 is 0 Å². The third-order valence-corrected chi connectivity index (χ3v) is 6.43. The molecule has 5 atom stereocenters. The Morgan fingerprint density at radius 2 is 2.05 bits per heavy atom. The van der Waals surface area contributed by atoms with Gasteiger partial charge in [-0.1, -0.05) is 13.3 Å². The van der Waals surface area contributed by atoms with Crippen LogP contribution in [0, 0.1) is 16.7 Å². The van der Waals surface area contributed by atoms with E-state index in [0.717, 1.165) is 19.3 Å². The summed E-state index contributed by atoms with van der Waals surface area (Å²) in [6, 6.07) is 0. The summed E-state index contributed by atoms with van der Waals surface area (Å²) in [7, 11) is 0. The molecule has 3 fully saturated rings. The highest BCUT2D eigenvalue weighted by Gasteiger charge is 2.70. The first kappa shape index (κ1) is 13.3. The highest BCUT2D eigenvalue weighted by Crippen LogP contribution is 2.65. The van der Waals surface area contributed by atoms with Gasteiger partial charge in [0.05, 0.1) is 11.8 Å². The number of hydrogen-bond donors (Lipinski definition) is 1. The molecule has 0 aromatic heterocycles. The predicted octanol–water partition coefficient (Wildman–Crippen LogP) is 1.34. The number of carbonyl (C=O) groups is 2. The molecule has 4 aliphatic rings.